The Morgan fingerprint density at radius 3 is 2.14 bits per heavy atom. The summed E-state index contributed by atoms with van der Waals surface area (Å²) in [5, 5.41) is 1.16. The molecule has 1 aromatic carbocycles. The van der Waals surface area contributed by atoms with Gasteiger partial charge in [0.05, 0.1) is 0 Å². The largest absolute Gasteiger partial charge is 0.427 e. The quantitative estimate of drug-likeness (QED) is 0.440. The number of rotatable bonds is 2. The van der Waals surface area contributed by atoms with Crippen LogP contribution < -0.4 is 10.0 Å². The molecule has 0 aliphatic carbocycles. The van der Waals surface area contributed by atoms with Gasteiger partial charge < -0.3 is 4.74 Å². The van der Waals surface area contributed by atoms with Gasteiger partial charge in [-0.1, -0.05) is 23.9 Å². The van der Waals surface area contributed by atoms with E-state index in [0.717, 1.165) is 5.30 Å². The molecule has 0 spiro atoms. The second-order valence-electron chi connectivity index (χ2n) is 3.44. The van der Waals surface area contributed by atoms with Gasteiger partial charge in [-0.3, -0.25) is 4.79 Å². The number of hydrogen-bond acceptors (Lipinski definition) is 3. The number of benzene rings is 1. The Morgan fingerprint density at radius 1 is 1.29 bits per heavy atom. The molecule has 14 heavy (non-hydrogen) atoms. The van der Waals surface area contributed by atoms with Crippen LogP contribution in [0.25, 0.3) is 0 Å². The van der Waals surface area contributed by atoms with Crippen LogP contribution in [-0.2, 0) is 16.6 Å². The highest BCUT2D eigenvalue weighted by Crippen LogP contribution is 2.35. The number of carbonyl (C=O) groups is 1. The van der Waals surface area contributed by atoms with Crippen LogP contribution in [0, 0.1) is 0 Å². The molecule has 76 valence electrons. The van der Waals surface area contributed by atoms with E-state index in [0.29, 0.717) is 5.75 Å². The fraction of sp³-hybridized carbons (Fsp3) is 0.300. The number of hydrogen-bond donors (Lipinski definition) is 0. The molecular weight excluding hydrogens is 215 g/mol. The van der Waals surface area contributed by atoms with E-state index in [-0.39, 0.29) is 5.97 Å². The van der Waals surface area contributed by atoms with Crippen molar-refractivity contribution in [2.45, 2.75) is 6.92 Å². The van der Waals surface area contributed by atoms with Crippen LogP contribution in [0.4, 0.5) is 0 Å². The zero-order chi connectivity index (χ0) is 10.8. The van der Waals surface area contributed by atoms with Gasteiger partial charge >= 0.3 is 5.97 Å². The maximum atomic E-state index is 10.7. The molecular formula is C10H13O2PS. The molecule has 0 radical (unpaired) electrons. The third-order valence-corrected chi connectivity index (χ3v) is 3.89. The minimum Gasteiger partial charge on any atom is -0.427 e. The Balaban J connectivity index is 2.89. The smallest absolute Gasteiger partial charge is 0.308 e. The standard InChI is InChI=1S/C10H13O2PS/c1-8(11)12-9-4-6-10(7-5-9)13(2,3)14/h4-7H,1-3H3. The summed E-state index contributed by atoms with van der Waals surface area (Å²) in [6.45, 7) is 5.53. The van der Waals surface area contributed by atoms with Crippen LogP contribution in [0.15, 0.2) is 24.3 Å². The first-order valence-electron chi connectivity index (χ1n) is 4.23. The highest BCUT2D eigenvalue weighted by Gasteiger charge is 2.06. The third kappa shape index (κ3) is 3.24. The van der Waals surface area contributed by atoms with E-state index in [1.165, 1.54) is 6.92 Å². The summed E-state index contributed by atoms with van der Waals surface area (Å²) in [6.07, 6.45) is 0. The fourth-order valence-electron chi connectivity index (χ4n) is 1.04. The van der Waals surface area contributed by atoms with Crippen LogP contribution in [0.3, 0.4) is 0 Å². The molecule has 4 heteroatoms. The summed E-state index contributed by atoms with van der Waals surface area (Å²) in [4.78, 5) is 10.7. The summed E-state index contributed by atoms with van der Waals surface area (Å²) < 4.78 is 4.92. The van der Waals surface area contributed by atoms with Gasteiger partial charge in [0.2, 0.25) is 0 Å². The Kier molecular flexibility index (Phi) is 3.46. The van der Waals surface area contributed by atoms with E-state index >= 15 is 0 Å². The van der Waals surface area contributed by atoms with Crippen LogP contribution in [0.1, 0.15) is 6.92 Å². The van der Waals surface area contributed by atoms with E-state index in [4.69, 9.17) is 16.5 Å². The monoisotopic (exact) mass is 228 g/mol. The van der Waals surface area contributed by atoms with E-state index in [1.807, 2.05) is 12.1 Å². The zero-order valence-electron chi connectivity index (χ0n) is 8.48. The maximum absolute atomic E-state index is 10.7. The van der Waals surface area contributed by atoms with Crippen LogP contribution >= 0.6 is 6.04 Å². The average molecular weight is 228 g/mol. The van der Waals surface area contributed by atoms with Crippen molar-refractivity contribution in [1.82, 2.24) is 0 Å². The van der Waals surface area contributed by atoms with E-state index < -0.39 is 6.04 Å². The predicted molar refractivity (Wildman–Crippen MR) is 63.5 cm³/mol. The minimum absolute atomic E-state index is 0.301. The molecule has 1 rings (SSSR count). The highest BCUT2D eigenvalue weighted by atomic mass is 32.4. The molecule has 0 saturated carbocycles. The van der Waals surface area contributed by atoms with Crippen molar-refractivity contribution in [3.8, 4) is 5.75 Å². The molecule has 0 aromatic heterocycles. The van der Waals surface area contributed by atoms with E-state index in [1.54, 1.807) is 12.1 Å². The summed E-state index contributed by atoms with van der Waals surface area (Å²) in [7, 11) is 0. The Hall–Kier alpha value is -0.660. The number of ether oxygens (including phenoxy) is 1. The lowest BCUT2D eigenvalue weighted by Gasteiger charge is -2.10. The molecule has 0 heterocycles. The van der Waals surface area contributed by atoms with Crippen LogP contribution in [0.2, 0.25) is 0 Å². The van der Waals surface area contributed by atoms with Gasteiger partial charge in [0.25, 0.3) is 0 Å². The lowest BCUT2D eigenvalue weighted by Crippen LogP contribution is -2.05. The fourth-order valence-corrected chi connectivity index (χ4v) is 2.27. The molecule has 0 amide bonds. The molecule has 0 unspecified atom stereocenters. The lowest BCUT2D eigenvalue weighted by atomic mass is 10.3. The Morgan fingerprint density at radius 2 is 1.79 bits per heavy atom. The summed E-state index contributed by atoms with van der Waals surface area (Å²) in [5.41, 5.74) is 0. The van der Waals surface area contributed by atoms with Gasteiger partial charge in [-0.15, -0.1) is 0 Å². The SMILES string of the molecule is CC(=O)Oc1ccc(P(C)(C)=S)cc1. The second-order valence-corrected chi connectivity index (χ2v) is 9.40. The van der Waals surface area contributed by atoms with Gasteiger partial charge in [0, 0.05) is 6.92 Å². The van der Waals surface area contributed by atoms with Crippen LogP contribution in [-0.4, -0.2) is 19.3 Å². The van der Waals surface area contributed by atoms with Gasteiger partial charge in [0.1, 0.15) is 5.75 Å². The van der Waals surface area contributed by atoms with Gasteiger partial charge in [-0.05, 0) is 36.8 Å². The molecule has 0 fully saturated rings. The lowest BCUT2D eigenvalue weighted by molar-refractivity contribution is -0.131. The Bertz CT molecular complexity index is 378. The number of esters is 1. The minimum atomic E-state index is -1.38. The first kappa shape index (κ1) is 11.4. The topological polar surface area (TPSA) is 26.3 Å². The van der Waals surface area contributed by atoms with Crippen LogP contribution in [0.5, 0.6) is 5.75 Å². The zero-order valence-corrected chi connectivity index (χ0v) is 10.2. The highest BCUT2D eigenvalue weighted by molar-refractivity contribution is 8.17. The molecule has 1 aromatic rings. The molecule has 0 aliphatic rings. The predicted octanol–water partition coefficient (Wildman–Crippen LogP) is 1.98. The summed E-state index contributed by atoms with van der Waals surface area (Å²) in [5.74, 6) is 0.273. The van der Waals surface area contributed by atoms with Crippen molar-refractivity contribution in [3.63, 3.8) is 0 Å². The van der Waals surface area contributed by atoms with Gasteiger partial charge in [-0.25, -0.2) is 0 Å². The van der Waals surface area contributed by atoms with Crippen molar-refractivity contribution in [2.75, 3.05) is 13.3 Å². The van der Waals surface area contributed by atoms with E-state index in [9.17, 15) is 4.79 Å². The molecule has 0 aliphatic heterocycles. The molecule has 2 nitrogen and oxygen atoms in total. The van der Waals surface area contributed by atoms with Crippen molar-refractivity contribution in [2.24, 2.45) is 0 Å². The van der Waals surface area contributed by atoms with E-state index in [2.05, 4.69) is 13.3 Å². The Labute approximate surface area is 89.3 Å². The van der Waals surface area contributed by atoms with Crippen molar-refractivity contribution in [3.05, 3.63) is 24.3 Å². The van der Waals surface area contributed by atoms with Crippen molar-refractivity contribution >= 4 is 29.1 Å². The third-order valence-electron chi connectivity index (χ3n) is 1.72. The normalized spacial score (nSPS) is 11.1. The van der Waals surface area contributed by atoms with Gasteiger partial charge in [-0.2, -0.15) is 0 Å². The first-order chi connectivity index (χ1) is 6.39. The summed E-state index contributed by atoms with van der Waals surface area (Å²) in [6, 6.07) is 6.04. The van der Waals surface area contributed by atoms with Crippen molar-refractivity contribution in [1.29, 1.82) is 0 Å². The van der Waals surface area contributed by atoms with Crippen molar-refractivity contribution < 1.29 is 9.53 Å². The molecule has 0 atom stereocenters. The molecule has 0 N–H and O–H groups in total. The van der Waals surface area contributed by atoms with Gasteiger partial charge in [0.15, 0.2) is 0 Å². The molecule has 0 bridgehead atoms. The molecule has 0 saturated heterocycles. The maximum Gasteiger partial charge on any atom is 0.308 e. The summed E-state index contributed by atoms with van der Waals surface area (Å²) >= 11 is 5.39. The second kappa shape index (κ2) is 4.24. The first-order valence-corrected chi connectivity index (χ1v) is 7.93. The average Bonchev–Trinajstić information content (AvgIpc) is 2.02. The number of carbonyl (C=O) groups excluding carboxylic acids is 1.